The van der Waals surface area contributed by atoms with Crippen molar-refractivity contribution in [1.82, 2.24) is 9.80 Å². The largest absolute Gasteiger partial charge is 0.497 e. The van der Waals surface area contributed by atoms with Crippen molar-refractivity contribution < 1.29 is 22.6 Å². The van der Waals surface area contributed by atoms with E-state index in [-0.39, 0.29) is 11.7 Å². The van der Waals surface area contributed by atoms with E-state index in [9.17, 15) is 8.42 Å². The number of nitrogens with zero attached hydrogens (tertiary/aromatic N) is 3. The summed E-state index contributed by atoms with van der Waals surface area (Å²) >= 11 is 0. The summed E-state index contributed by atoms with van der Waals surface area (Å²) in [7, 11) is -2.15. The summed E-state index contributed by atoms with van der Waals surface area (Å²) < 4.78 is 45.8. The maximum absolute atomic E-state index is 12.8. The molecule has 0 amide bonds. The Balaban J connectivity index is 1.28. The predicted molar refractivity (Wildman–Crippen MR) is 121 cm³/mol. The van der Waals surface area contributed by atoms with Gasteiger partial charge >= 0.3 is 0 Å². The first-order valence-electron chi connectivity index (χ1n) is 10.5. The molecule has 0 aliphatic carbocycles. The topological polar surface area (TPSA) is 80.7 Å². The molecule has 1 saturated heterocycles. The van der Waals surface area contributed by atoms with Crippen LogP contribution in [0, 0.1) is 0 Å². The summed E-state index contributed by atoms with van der Waals surface area (Å²) in [6.07, 6.45) is 0. The smallest absolute Gasteiger partial charge is 0.285 e. The molecule has 3 heterocycles. The van der Waals surface area contributed by atoms with Crippen LogP contribution < -0.4 is 14.2 Å². The minimum atomic E-state index is -3.73. The third kappa shape index (κ3) is 3.82. The van der Waals surface area contributed by atoms with Gasteiger partial charge in [0.15, 0.2) is 11.5 Å². The molecule has 0 atom stereocenters. The lowest BCUT2D eigenvalue weighted by Gasteiger charge is -2.36. The quantitative estimate of drug-likeness (QED) is 0.701. The third-order valence-electron chi connectivity index (χ3n) is 6.01. The lowest BCUT2D eigenvalue weighted by molar-refractivity contribution is 0.172. The minimum Gasteiger partial charge on any atom is -0.497 e. The maximum atomic E-state index is 12.8. The van der Waals surface area contributed by atoms with E-state index in [0.717, 1.165) is 31.1 Å². The van der Waals surface area contributed by atoms with Crippen molar-refractivity contribution in [2.24, 2.45) is 4.40 Å². The lowest BCUT2D eigenvalue weighted by Crippen LogP contribution is -2.48. The number of sulfonamides is 1. The number of amidine groups is 1. The van der Waals surface area contributed by atoms with Crippen LogP contribution in [0.2, 0.25) is 0 Å². The molecule has 8 nitrogen and oxygen atoms in total. The van der Waals surface area contributed by atoms with E-state index in [1.54, 1.807) is 31.4 Å². The van der Waals surface area contributed by atoms with Gasteiger partial charge in [-0.3, -0.25) is 4.90 Å². The number of methoxy groups -OCH3 is 1. The Kier molecular flexibility index (Phi) is 5.30. The van der Waals surface area contributed by atoms with Gasteiger partial charge in [0.1, 0.15) is 16.5 Å². The highest BCUT2D eigenvalue weighted by Crippen LogP contribution is 2.35. The summed E-state index contributed by atoms with van der Waals surface area (Å²) in [4.78, 5) is 4.69. The molecule has 0 aromatic heterocycles. The number of piperazine rings is 1. The van der Waals surface area contributed by atoms with Gasteiger partial charge in [0, 0.05) is 38.3 Å². The van der Waals surface area contributed by atoms with Crippen LogP contribution in [0.3, 0.4) is 0 Å². The second-order valence-corrected chi connectivity index (χ2v) is 9.56. The van der Waals surface area contributed by atoms with Gasteiger partial charge in [0.25, 0.3) is 10.0 Å². The van der Waals surface area contributed by atoms with E-state index in [0.29, 0.717) is 35.8 Å². The van der Waals surface area contributed by atoms with Gasteiger partial charge in [-0.2, -0.15) is 8.42 Å². The van der Waals surface area contributed by atoms with Crippen LogP contribution >= 0.6 is 0 Å². The zero-order chi connectivity index (χ0) is 22.3. The van der Waals surface area contributed by atoms with Gasteiger partial charge in [-0.1, -0.05) is 6.07 Å². The second-order valence-electron chi connectivity index (χ2n) is 8.02. The van der Waals surface area contributed by atoms with Gasteiger partial charge in [-0.05, 0) is 54.4 Å². The molecule has 2 aromatic carbocycles. The van der Waals surface area contributed by atoms with Crippen LogP contribution in [-0.4, -0.2) is 64.1 Å². The standard InChI is InChI=1S/C23H25N3O5S/c1-16-22(18-4-6-19(29-2)7-5-18)32(27,28)24-23(16)26-11-9-25(10-12-26)14-17-3-8-20-21(13-17)31-15-30-20/h3-8,13H,9-12,14-15H2,1-2H3. The van der Waals surface area contributed by atoms with Gasteiger partial charge in [-0.25, -0.2) is 0 Å². The Bertz CT molecular complexity index is 1200. The summed E-state index contributed by atoms with van der Waals surface area (Å²) in [5.74, 6) is 2.81. The number of hydrogen-bond acceptors (Lipinski definition) is 7. The lowest BCUT2D eigenvalue weighted by atomic mass is 10.1. The number of fused-ring (bicyclic) bond motifs is 1. The van der Waals surface area contributed by atoms with Crippen molar-refractivity contribution in [3.8, 4) is 17.2 Å². The highest BCUT2D eigenvalue weighted by molar-refractivity contribution is 8.00. The van der Waals surface area contributed by atoms with Crippen molar-refractivity contribution in [2.75, 3.05) is 40.1 Å². The highest BCUT2D eigenvalue weighted by Gasteiger charge is 2.34. The van der Waals surface area contributed by atoms with Gasteiger partial charge in [-0.15, -0.1) is 4.40 Å². The van der Waals surface area contributed by atoms with Crippen molar-refractivity contribution in [1.29, 1.82) is 0 Å². The van der Waals surface area contributed by atoms with Gasteiger partial charge in [0.2, 0.25) is 6.79 Å². The molecule has 0 unspecified atom stereocenters. The first-order valence-corrected chi connectivity index (χ1v) is 11.9. The van der Waals surface area contributed by atoms with Gasteiger partial charge in [0.05, 0.1) is 7.11 Å². The van der Waals surface area contributed by atoms with E-state index < -0.39 is 10.0 Å². The molecule has 0 N–H and O–H groups in total. The van der Waals surface area contributed by atoms with E-state index in [2.05, 4.69) is 20.3 Å². The summed E-state index contributed by atoms with van der Waals surface area (Å²) in [6, 6.07) is 13.1. The molecule has 2 aromatic rings. The summed E-state index contributed by atoms with van der Waals surface area (Å²) in [5, 5.41) is 0. The van der Waals surface area contributed by atoms with Crippen LogP contribution in [0.15, 0.2) is 52.4 Å². The Labute approximate surface area is 187 Å². The average Bonchev–Trinajstić information content (AvgIpc) is 3.35. The van der Waals surface area contributed by atoms with Crippen molar-refractivity contribution in [2.45, 2.75) is 13.5 Å². The molecule has 3 aliphatic heterocycles. The highest BCUT2D eigenvalue weighted by atomic mass is 32.2. The molecular formula is C23H25N3O5S. The average molecular weight is 456 g/mol. The Morgan fingerprint density at radius 2 is 1.72 bits per heavy atom. The monoisotopic (exact) mass is 455 g/mol. The molecule has 1 fully saturated rings. The first-order chi connectivity index (χ1) is 15.4. The van der Waals surface area contributed by atoms with E-state index in [4.69, 9.17) is 14.2 Å². The Morgan fingerprint density at radius 3 is 2.44 bits per heavy atom. The molecular weight excluding hydrogens is 430 g/mol. The van der Waals surface area contributed by atoms with Crippen LogP contribution in [-0.2, 0) is 16.6 Å². The molecule has 9 heteroatoms. The number of rotatable bonds is 4. The third-order valence-corrected chi connectivity index (χ3v) is 7.48. The molecule has 32 heavy (non-hydrogen) atoms. The Hall–Kier alpha value is -3.04. The van der Waals surface area contributed by atoms with Crippen LogP contribution in [0.25, 0.3) is 4.91 Å². The van der Waals surface area contributed by atoms with Crippen molar-refractivity contribution >= 4 is 20.8 Å². The SMILES string of the molecule is COc1ccc(C2=C(C)C(N3CCN(Cc4ccc5c(c4)OCO5)CC3)=NS2(=O)=O)cc1. The molecule has 3 aliphatic rings. The minimum absolute atomic E-state index is 0.272. The van der Waals surface area contributed by atoms with E-state index in [1.165, 1.54) is 5.56 Å². The molecule has 168 valence electrons. The van der Waals surface area contributed by atoms with Crippen LogP contribution in [0.5, 0.6) is 17.2 Å². The molecule has 0 saturated carbocycles. The fourth-order valence-corrected chi connectivity index (χ4v) is 5.82. The number of benzene rings is 2. The van der Waals surface area contributed by atoms with E-state index in [1.807, 2.05) is 19.1 Å². The van der Waals surface area contributed by atoms with Gasteiger partial charge < -0.3 is 19.1 Å². The van der Waals surface area contributed by atoms with Crippen LogP contribution in [0.1, 0.15) is 18.1 Å². The fourth-order valence-electron chi connectivity index (χ4n) is 4.34. The van der Waals surface area contributed by atoms with Crippen molar-refractivity contribution in [3.05, 3.63) is 59.2 Å². The predicted octanol–water partition coefficient (Wildman–Crippen LogP) is 2.71. The normalized spacial score (nSPS) is 19.9. The zero-order valence-corrected chi connectivity index (χ0v) is 18.9. The number of ether oxygens (including phenoxy) is 3. The zero-order valence-electron chi connectivity index (χ0n) is 18.1. The molecule has 0 spiro atoms. The molecule has 5 rings (SSSR count). The van der Waals surface area contributed by atoms with Crippen molar-refractivity contribution in [3.63, 3.8) is 0 Å². The fraction of sp³-hybridized carbons (Fsp3) is 0.348. The maximum Gasteiger partial charge on any atom is 0.285 e. The first kappa shape index (κ1) is 20.8. The summed E-state index contributed by atoms with van der Waals surface area (Å²) in [6.45, 7) is 5.98. The molecule has 0 radical (unpaired) electrons. The van der Waals surface area contributed by atoms with Crippen LogP contribution in [0.4, 0.5) is 0 Å². The Morgan fingerprint density at radius 1 is 1.00 bits per heavy atom. The van der Waals surface area contributed by atoms with E-state index >= 15 is 0 Å². The molecule has 0 bridgehead atoms. The second kappa shape index (κ2) is 8.14. The summed E-state index contributed by atoms with van der Waals surface area (Å²) in [5.41, 5.74) is 2.49. The number of hydrogen-bond donors (Lipinski definition) is 0.